The number of hydrogen-bond acceptors (Lipinski definition) is 2. The Morgan fingerprint density at radius 3 is 2.88 bits per heavy atom. The van der Waals surface area contributed by atoms with Crippen molar-refractivity contribution in [3.05, 3.63) is 23.0 Å². The second-order valence-electron chi connectivity index (χ2n) is 3.60. The lowest BCUT2D eigenvalue weighted by Gasteiger charge is -2.05. The van der Waals surface area contributed by atoms with Gasteiger partial charge in [0.05, 0.1) is 5.02 Å². The first-order valence-electron chi connectivity index (χ1n) is 5.23. The zero-order valence-electron chi connectivity index (χ0n) is 9.28. The third-order valence-electron chi connectivity index (χ3n) is 2.33. The molecule has 0 aliphatic heterocycles. The summed E-state index contributed by atoms with van der Waals surface area (Å²) in [6, 6.07) is 1.47. The number of halogens is 1. The van der Waals surface area contributed by atoms with Crippen molar-refractivity contribution < 1.29 is 14.6 Å². The number of nitrogens with zero attached hydrogens (tertiary/aromatic N) is 1. The molecule has 0 aromatic carbocycles. The molecule has 1 aromatic rings. The summed E-state index contributed by atoms with van der Waals surface area (Å²) in [6.07, 6.45) is 4.59. The van der Waals surface area contributed by atoms with E-state index in [0.29, 0.717) is 11.6 Å². The van der Waals surface area contributed by atoms with Gasteiger partial charge in [-0.1, -0.05) is 11.6 Å². The molecule has 0 unspecified atom stereocenters. The molecule has 16 heavy (non-hydrogen) atoms. The molecule has 5 heteroatoms. The van der Waals surface area contributed by atoms with Crippen molar-refractivity contribution in [1.82, 2.24) is 4.57 Å². The molecule has 0 bridgehead atoms. The first-order chi connectivity index (χ1) is 7.65. The van der Waals surface area contributed by atoms with Crippen LogP contribution >= 0.6 is 11.6 Å². The summed E-state index contributed by atoms with van der Waals surface area (Å²) in [7, 11) is 1.67. The smallest absolute Gasteiger partial charge is 0.352 e. The quantitative estimate of drug-likeness (QED) is 0.752. The van der Waals surface area contributed by atoms with E-state index in [1.54, 1.807) is 17.9 Å². The van der Waals surface area contributed by atoms with Gasteiger partial charge in [-0.15, -0.1) is 0 Å². The number of aromatic nitrogens is 1. The highest BCUT2D eigenvalue weighted by atomic mass is 35.5. The van der Waals surface area contributed by atoms with Gasteiger partial charge in [-0.3, -0.25) is 0 Å². The van der Waals surface area contributed by atoms with E-state index in [2.05, 4.69) is 0 Å². The van der Waals surface area contributed by atoms with Gasteiger partial charge in [-0.05, 0) is 25.3 Å². The normalized spacial score (nSPS) is 10.6. The van der Waals surface area contributed by atoms with E-state index in [1.165, 1.54) is 6.07 Å². The second-order valence-corrected chi connectivity index (χ2v) is 4.03. The summed E-state index contributed by atoms with van der Waals surface area (Å²) in [4.78, 5) is 10.9. The van der Waals surface area contributed by atoms with Gasteiger partial charge in [0.2, 0.25) is 0 Å². The maximum absolute atomic E-state index is 10.9. The van der Waals surface area contributed by atoms with Gasteiger partial charge in [0.25, 0.3) is 0 Å². The predicted octanol–water partition coefficient (Wildman–Crippen LogP) is 2.66. The maximum Gasteiger partial charge on any atom is 0.352 e. The highest BCUT2D eigenvalue weighted by Gasteiger charge is 2.10. The Morgan fingerprint density at radius 2 is 2.25 bits per heavy atom. The molecule has 90 valence electrons. The Morgan fingerprint density at radius 1 is 1.50 bits per heavy atom. The van der Waals surface area contributed by atoms with Crippen LogP contribution in [0.1, 0.15) is 29.8 Å². The van der Waals surface area contributed by atoms with Crippen LogP contribution in [0.3, 0.4) is 0 Å². The third-order valence-corrected chi connectivity index (χ3v) is 2.54. The van der Waals surface area contributed by atoms with E-state index in [4.69, 9.17) is 21.4 Å². The van der Waals surface area contributed by atoms with Crippen LogP contribution in [-0.2, 0) is 11.3 Å². The van der Waals surface area contributed by atoms with Gasteiger partial charge in [-0.25, -0.2) is 4.79 Å². The van der Waals surface area contributed by atoms with E-state index >= 15 is 0 Å². The van der Waals surface area contributed by atoms with Crippen molar-refractivity contribution >= 4 is 17.6 Å². The minimum Gasteiger partial charge on any atom is -0.477 e. The molecule has 0 fully saturated rings. The van der Waals surface area contributed by atoms with Gasteiger partial charge in [0, 0.05) is 26.5 Å². The molecule has 0 aliphatic carbocycles. The minimum absolute atomic E-state index is 0.247. The number of aromatic carboxylic acids is 1. The van der Waals surface area contributed by atoms with Crippen LogP contribution in [0.2, 0.25) is 5.02 Å². The summed E-state index contributed by atoms with van der Waals surface area (Å²) < 4.78 is 6.62. The number of carboxylic acid groups (broad SMARTS) is 1. The molecule has 0 atom stereocenters. The van der Waals surface area contributed by atoms with Crippen LogP contribution in [0, 0.1) is 0 Å². The number of carbonyl (C=O) groups is 1. The molecule has 1 rings (SSSR count). The number of ether oxygens (including phenoxy) is 1. The Hall–Kier alpha value is -1.00. The molecule has 0 radical (unpaired) electrons. The molecule has 0 saturated carbocycles. The van der Waals surface area contributed by atoms with E-state index in [1.807, 2.05) is 0 Å². The number of carboxylic acids is 1. The van der Waals surface area contributed by atoms with Crippen LogP contribution < -0.4 is 0 Å². The van der Waals surface area contributed by atoms with Gasteiger partial charge in [0.1, 0.15) is 5.69 Å². The van der Waals surface area contributed by atoms with Gasteiger partial charge >= 0.3 is 5.97 Å². The second kappa shape index (κ2) is 6.55. The van der Waals surface area contributed by atoms with Crippen LogP contribution in [0.5, 0.6) is 0 Å². The van der Waals surface area contributed by atoms with Crippen molar-refractivity contribution in [3.8, 4) is 0 Å². The highest BCUT2D eigenvalue weighted by molar-refractivity contribution is 6.30. The average molecular weight is 246 g/mol. The molecular formula is C11H16ClNO3. The molecule has 0 spiro atoms. The summed E-state index contributed by atoms with van der Waals surface area (Å²) in [6.45, 7) is 1.43. The standard InChI is InChI=1S/C11H16ClNO3/c1-16-6-4-2-3-5-13-8-9(12)7-10(13)11(14)15/h7-8H,2-6H2,1H3,(H,14,15). The Balaban J connectivity index is 2.44. The van der Waals surface area contributed by atoms with E-state index in [0.717, 1.165) is 25.9 Å². The molecule has 0 saturated heterocycles. The monoisotopic (exact) mass is 245 g/mol. The van der Waals surface area contributed by atoms with Crippen molar-refractivity contribution in [2.45, 2.75) is 25.8 Å². The van der Waals surface area contributed by atoms with Crippen LogP contribution in [-0.4, -0.2) is 29.4 Å². The largest absolute Gasteiger partial charge is 0.477 e. The van der Waals surface area contributed by atoms with Gasteiger partial charge < -0.3 is 14.4 Å². The average Bonchev–Trinajstić information content (AvgIpc) is 2.59. The number of aryl methyl sites for hydroxylation is 1. The number of hydrogen-bond donors (Lipinski definition) is 1. The lowest BCUT2D eigenvalue weighted by Crippen LogP contribution is -2.07. The van der Waals surface area contributed by atoms with Crippen molar-refractivity contribution in [2.24, 2.45) is 0 Å². The van der Waals surface area contributed by atoms with Gasteiger partial charge in [0.15, 0.2) is 0 Å². The minimum atomic E-state index is -0.941. The Kier molecular flexibility index (Phi) is 5.35. The molecule has 1 aromatic heterocycles. The number of unbranched alkanes of at least 4 members (excludes halogenated alkanes) is 2. The summed E-state index contributed by atoms with van der Waals surface area (Å²) in [5.74, 6) is -0.941. The first kappa shape index (κ1) is 13.1. The zero-order chi connectivity index (χ0) is 12.0. The highest BCUT2D eigenvalue weighted by Crippen LogP contribution is 2.15. The molecule has 4 nitrogen and oxygen atoms in total. The summed E-state index contributed by atoms with van der Waals surface area (Å²) in [5.41, 5.74) is 0.247. The Labute approximate surface area is 99.8 Å². The predicted molar refractivity (Wildman–Crippen MR) is 62.1 cm³/mol. The van der Waals surface area contributed by atoms with E-state index < -0.39 is 5.97 Å². The third kappa shape index (κ3) is 3.87. The fourth-order valence-electron chi connectivity index (χ4n) is 1.54. The molecular weight excluding hydrogens is 230 g/mol. The van der Waals surface area contributed by atoms with Crippen LogP contribution in [0.4, 0.5) is 0 Å². The SMILES string of the molecule is COCCCCCn1cc(Cl)cc1C(=O)O. The van der Waals surface area contributed by atoms with Crippen LogP contribution in [0.25, 0.3) is 0 Å². The molecule has 1 N–H and O–H groups in total. The summed E-state index contributed by atoms with van der Waals surface area (Å²) in [5, 5.41) is 9.39. The lowest BCUT2D eigenvalue weighted by molar-refractivity contribution is 0.0685. The molecule has 1 heterocycles. The number of methoxy groups -OCH3 is 1. The summed E-state index contributed by atoms with van der Waals surface area (Å²) >= 11 is 5.77. The van der Waals surface area contributed by atoms with E-state index in [9.17, 15) is 4.79 Å². The molecule has 0 aliphatic rings. The van der Waals surface area contributed by atoms with Crippen molar-refractivity contribution in [3.63, 3.8) is 0 Å². The Bertz CT molecular complexity index is 349. The zero-order valence-corrected chi connectivity index (χ0v) is 10.0. The fourth-order valence-corrected chi connectivity index (χ4v) is 1.77. The molecule has 0 amide bonds. The van der Waals surface area contributed by atoms with Gasteiger partial charge in [-0.2, -0.15) is 0 Å². The topological polar surface area (TPSA) is 51.5 Å². The fraction of sp³-hybridized carbons (Fsp3) is 0.545. The maximum atomic E-state index is 10.9. The van der Waals surface area contributed by atoms with Crippen molar-refractivity contribution in [2.75, 3.05) is 13.7 Å². The van der Waals surface area contributed by atoms with Crippen molar-refractivity contribution in [1.29, 1.82) is 0 Å². The van der Waals surface area contributed by atoms with Crippen LogP contribution in [0.15, 0.2) is 12.3 Å². The first-order valence-corrected chi connectivity index (χ1v) is 5.61. The lowest BCUT2D eigenvalue weighted by atomic mass is 10.2. The van der Waals surface area contributed by atoms with E-state index in [-0.39, 0.29) is 5.69 Å². The number of rotatable bonds is 7.